The van der Waals surface area contributed by atoms with Crippen molar-refractivity contribution in [1.29, 1.82) is 0 Å². The fourth-order valence-corrected chi connectivity index (χ4v) is 1.65. The molecule has 0 spiro atoms. The van der Waals surface area contributed by atoms with Gasteiger partial charge in [0.25, 0.3) is 0 Å². The van der Waals surface area contributed by atoms with Crippen molar-refractivity contribution in [3.8, 4) is 0 Å². The Bertz CT molecular complexity index is 120. The first-order valence-electron chi connectivity index (χ1n) is 5.39. The zero-order chi connectivity index (χ0) is 10.8. The van der Waals surface area contributed by atoms with E-state index in [1.54, 1.807) is 14.2 Å². The van der Waals surface area contributed by atoms with Crippen molar-refractivity contribution in [2.45, 2.75) is 20.3 Å². The van der Waals surface area contributed by atoms with Crippen molar-refractivity contribution in [3.63, 3.8) is 0 Å². The molecule has 0 saturated carbocycles. The molecule has 0 saturated heterocycles. The van der Waals surface area contributed by atoms with Crippen LogP contribution in [0, 0.1) is 11.8 Å². The van der Waals surface area contributed by atoms with Crippen LogP contribution in [0.4, 0.5) is 0 Å². The molecule has 3 heteroatoms. The molecule has 2 unspecified atom stereocenters. The molecule has 0 heterocycles. The molecule has 2 atom stereocenters. The van der Waals surface area contributed by atoms with Gasteiger partial charge in [-0.3, -0.25) is 0 Å². The smallest absolute Gasteiger partial charge is 0.0587 e. The van der Waals surface area contributed by atoms with Crippen LogP contribution in [-0.4, -0.2) is 40.5 Å². The van der Waals surface area contributed by atoms with Crippen LogP contribution in [0.2, 0.25) is 0 Å². The molecular weight excluding hydrogens is 178 g/mol. The molecule has 0 aromatic carbocycles. The van der Waals surface area contributed by atoms with Crippen LogP contribution in [0.15, 0.2) is 0 Å². The third kappa shape index (κ3) is 8.48. The minimum atomic E-state index is 0.652. The maximum absolute atomic E-state index is 5.11. The Balaban J connectivity index is 3.30. The van der Waals surface area contributed by atoms with Gasteiger partial charge in [-0.15, -0.1) is 0 Å². The average molecular weight is 203 g/mol. The van der Waals surface area contributed by atoms with Gasteiger partial charge in [0.15, 0.2) is 0 Å². The summed E-state index contributed by atoms with van der Waals surface area (Å²) in [5.41, 5.74) is 0. The normalized spacial score (nSPS) is 15.4. The lowest BCUT2D eigenvalue weighted by Gasteiger charge is -2.16. The second-order valence-corrected chi connectivity index (χ2v) is 4.10. The standard InChI is InChI=1S/C11H25NO2/c1-10(7-11(2)9-14-4)8-12-5-6-13-3/h10-12H,5-9H2,1-4H3. The second kappa shape index (κ2) is 9.44. The molecule has 0 aromatic heterocycles. The molecule has 0 rings (SSSR count). The third-order valence-electron chi connectivity index (χ3n) is 2.23. The van der Waals surface area contributed by atoms with Crippen molar-refractivity contribution in [2.24, 2.45) is 11.8 Å². The SMILES string of the molecule is COCCNCC(C)CC(C)COC. The van der Waals surface area contributed by atoms with Gasteiger partial charge in [0.2, 0.25) is 0 Å². The number of hydrogen-bond acceptors (Lipinski definition) is 3. The van der Waals surface area contributed by atoms with Gasteiger partial charge in [-0.2, -0.15) is 0 Å². The highest BCUT2D eigenvalue weighted by atomic mass is 16.5. The monoisotopic (exact) mass is 203 g/mol. The van der Waals surface area contributed by atoms with E-state index in [9.17, 15) is 0 Å². The van der Waals surface area contributed by atoms with Crippen molar-refractivity contribution in [1.82, 2.24) is 5.32 Å². The first kappa shape index (κ1) is 13.9. The van der Waals surface area contributed by atoms with Gasteiger partial charge in [0.05, 0.1) is 6.61 Å². The fourth-order valence-electron chi connectivity index (χ4n) is 1.65. The Morgan fingerprint density at radius 1 is 1.07 bits per heavy atom. The Labute approximate surface area is 88.2 Å². The Kier molecular flexibility index (Phi) is 9.35. The highest BCUT2D eigenvalue weighted by Crippen LogP contribution is 2.10. The van der Waals surface area contributed by atoms with E-state index in [1.807, 2.05) is 0 Å². The third-order valence-corrected chi connectivity index (χ3v) is 2.23. The lowest BCUT2D eigenvalue weighted by atomic mass is 9.98. The van der Waals surface area contributed by atoms with Gasteiger partial charge in [0, 0.05) is 27.4 Å². The minimum Gasteiger partial charge on any atom is -0.384 e. The predicted octanol–water partition coefficient (Wildman–Crippen LogP) is 1.53. The maximum atomic E-state index is 5.11. The molecule has 0 aromatic rings. The fraction of sp³-hybridized carbons (Fsp3) is 1.00. The predicted molar refractivity (Wildman–Crippen MR) is 59.6 cm³/mol. The Hall–Kier alpha value is -0.120. The van der Waals surface area contributed by atoms with E-state index in [2.05, 4.69) is 19.2 Å². The summed E-state index contributed by atoms with van der Waals surface area (Å²) in [4.78, 5) is 0. The number of rotatable bonds is 9. The molecular formula is C11H25NO2. The van der Waals surface area contributed by atoms with E-state index >= 15 is 0 Å². The van der Waals surface area contributed by atoms with Crippen LogP contribution in [0.25, 0.3) is 0 Å². The summed E-state index contributed by atoms with van der Waals surface area (Å²) < 4.78 is 10.1. The van der Waals surface area contributed by atoms with E-state index in [-0.39, 0.29) is 0 Å². The van der Waals surface area contributed by atoms with E-state index in [1.165, 1.54) is 6.42 Å². The van der Waals surface area contributed by atoms with Crippen LogP contribution in [-0.2, 0) is 9.47 Å². The molecule has 0 amide bonds. The Morgan fingerprint density at radius 3 is 2.36 bits per heavy atom. The molecule has 0 aliphatic heterocycles. The van der Waals surface area contributed by atoms with Gasteiger partial charge < -0.3 is 14.8 Å². The van der Waals surface area contributed by atoms with Crippen molar-refractivity contribution >= 4 is 0 Å². The number of hydrogen-bond donors (Lipinski definition) is 1. The molecule has 0 radical (unpaired) electrons. The first-order chi connectivity index (χ1) is 6.70. The summed E-state index contributed by atoms with van der Waals surface area (Å²) in [6.45, 7) is 8.17. The molecule has 0 aliphatic carbocycles. The van der Waals surface area contributed by atoms with Crippen molar-refractivity contribution < 1.29 is 9.47 Å². The molecule has 3 nitrogen and oxygen atoms in total. The summed E-state index contributed by atoms with van der Waals surface area (Å²) in [7, 11) is 3.49. The van der Waals surface area contributed by atoms with E-state index in [0.29, 0.717) is 11.8 Å². The van der Waals surface area contributed by atoms with Crippen LogP contribution in [0.3, 0.4) is 0 Å². The van der Waals surface area contributed by atoms with E-state index < -0.39 is 0 Å². The van der Waals surface area contributed by atoms with Crippen LogP contribution in [0.5, 0.6) is 0 Å². The van der Waals surface area contributed by atoms with Crippen molar-refractivity contribution in [3.05, 3.63) is 0 Å². The number of ether oxygens (including phenoxy) is 2. The van der Waals surface area contributed by atoms with Crippen molar-refractivity contribution in [2.75, 3.05) is 40.5 Å². The highest BCUT2D eigenvalue weighted by Gasteiger charge is 2.07. The lowest BCUT2D eigenvalue weighted by Crippen LogP contribution is -2.26. The molecule has 0 bridgehead atoms. The van der Waals surface area contributed by atoms with Crippen LogP contribution in [0.1, 0.15) is 20.3 Å². The minimum absolute atomic E-state index is 0.652. The van der Waals surface area contributed by atoms with Gasteiger partial charge in [-0.05, 0) is 24.8 Å². The molecule has 0 fully saturated rings. The van der Waals surface area contributed by atoms with Gasteiger partial charge in [0.1, 0.15) is 0 Å². The number of methoxy groups -OCH3 is 2. The summed E-state index contributed by atoms with van der Waals surface area (Å²) in [6, 6.07) is 0. The second-order valence-electron chi connectivity index (χ2n) is 4.10. The topological polar surface area (TPSA) is 30.5 Å². The van der Waals surface area contributed by atoms with Gasteiger partial charge in [-0.1, -0.05) is 13.8 Å². The van der Waals surface area contributed by atoms with Crippen LogP contribution >= 0.6 is 0 Å². The quantitative estimate of drug-likeness (QED) is 0.576. The van der Waals surface area contributed by atoms with Crippen LogP contribution < -0.4 is 5.32 Å². The zero-order valence-electron chi connectivity index (χ0n) is 10.0. The van der Waals surface area contributed by atoms with E-state index in [0.717, 1.165) is 26.3 Å². The lowest BCUT2D eigenvalue weighted by molar-refractivity contribution is 0.146. The van der Waals surface area contributed by atoms with E-state index in [4.69, 9.17) is 9.47 Å². The molecule has 14 heavy (non-hydrogen) atoms. The molecule has 86 valence electrons. The Morgan fingerprint density at radius 2 is 1.79 bits per heavy atom. The summed E-state index contributed by atoms with van der Waals surface area (Å²) >= 11 is 0. The highest BCUT2D eigenvalue weighted by molar-refractivity contribution is 4.61. The van der Waals surface area contributed by atoms with Gasteiger partial charge in [-0.25, -0.2) is 0 Å². The average Bonchev–Trinajstić information content (AvgIpc) is 2.13. The zero-order valence-corrected chi connectivity index (χ0v) is 10.0. The summed E-state index contributed by atoms with van der Waals surface area (Å²) in [5.74, 6) is 1.36. The first-order valence-corrected chi connectivity index (χ1v) is 5.39. The summed E-state index contributed by atoms with van der Waals surface area (Å²) in [6.07, 6.45) is 1.22. The molecule has 1 N–H and O–H groups in total. The summed E-state index contributed by atoms with van der Waals surface area (Å²) in [5, 5.41) is 3.37. The molecule has 0 aliphatic rings. The van der Waals surface area contributed by atoms with Gasteiger partial charge >= 0.3 is 0 Å². The maximum Gasteiger partial charge on any atom is 0.0587 e. The largest absolute Gasteiger partial charge is 0.384 e. The number of nitrogens with one attached hydrogen (secondary N) is 1.